The molecule has 3 rings (SSSR count). The first-order chi connectivity index (χ1) is 9.35. The van der Waals surface area contributed by atoms with E-state index in [1.807, 2.05) is 30.5 Å². The molecule has 0 aliphatic heterocycles. The molecule has 0 atom stereocenters. The molecule has 1 aromatic carbocycles. The Kier molecular flexibility index (Phi) is 3.14. The molecule has 2 heterocycles. The van der Waals surface area contributed by atoms with Crippen LogP contribution in [0.2, 0.25) is 0 Å². The van der Waals surface area contributed by atoms with Crippen molar-refractivity contribution in [3.8, 4) is 5.75 Å². The molecule has 3 aromatic rings. The Bertz CT molecular complexity index is 676. The molecule has 0 aliphatic rings. The monoisotopic (exact) mass is 253 g/mol. The van der Waals surface area contributed by atoms with Crippen LogP contribution >= 0.6 is 0 Å². The van der Waals surface area contributed by atoms with E-state index in [0.717, 1.165) is 35.4 Å². The van der Waals surface area contributed by atoms with Crippen LogP contribution in [0.5, 0.6) is 5.75 Å². The van der Waals surface area contributed by atoms with Gasteiger partial charge in [-0.05, 0) is 30.2 Å². The molecule has 0 spiro atoms. The van der Waals surface area contributed by atoms with E-state index in [1.54, 1.807) is 13.3 Å². The second kappa shape index (κ2) is 5.10. The number of pyridine rings is 1. The largest absolute Gasteiger partial charge is 0.497 e. The lowest BCUT2D eigenvalue weighted by atomic mass is 10.1. The third kappa shape index (κ3) is 2.57. The van der Waals surface area contributed by atoms with Crippen molar-refractivity contribution in [1.82, 2.24) is 15.0 Å². The van der Waals surface area contributed by atoms with Crippen molar-refractivity contribution in [3.63, 3.8) is 0 Å². The minimum atomic E-state index is 0.843. The second-order valence-electron chi connectivity index (χ2n) is 4.43. The van der Waals surface area contributed by atoms with Gasteiger partial charge >= 0.3 is 0 Å². The summed E-state index contributed by atoms with van der Waals surface area (Å²) < 4.78 is 5.20. The fourth-order valence-corrected chi connectivity index (χ4v) is 2.10. The summed E-state index contributed by atoms with van der Waals surface area (Å²) in [5.41, 5.74) is 3.21. The van der Waals surface area contributed by atoms with E-state index in [-0.39, 0.29) is 0 Å². The zero-order chi connectivity index (χ0) is 13.1. The van der Waals surface area contributed by atoms with Gasteiger partial charge in [-0.15, -0.1) is 0 Å². The maximum Gasteiger partial charge on any atom is 0.121 e. The van der Waals surface area contributed by atoms with Gasteiger partial charge in [0.15, 0.2) is 0 Å². The number of benzene rings is 1. The van der Waals surface area contributed by atoms with Crippen LogP contribution in [0.1, 0.15) is 11.4 Å². The molecule has 0 saturated heterocycles. The number of hydrogen-bond acceptors (Lipinski definition) is 3. The van der Waals surface area contributed by atoms with Gasteiger partial charge in [0, 0.05) is 24.9 Å². The van der Waals surface area contributed by atoms with Gasteiger partial charge in [0.2, 0.25) is 0 Å². The predicted octanol–water partition coefficient (Wildman–Crippen LogP) is 2.75. The van der Waals surface area contributed by atoms with Crippen LogP contribution in [0, 0.1) is 0 Å². The number of nitrogens with one attached hydrogen (secondary N) is 1. The van der Waals surface area contributed by atoms with Gasteiger partial charge in [-0.3, -0.25) is 4.98 Å². The summed E-state index contributed by atoms with van der Waals surface area (Å²) >= 11 is 0. The molecule has 96 valence electrons. The lowest BCUT2D eigenvalue weighted by Gasteiger charge is -1.97. The van der Waals surface area contributed by atoms with E-state index in [9.17, 15) is 0 Å². The predicted molar refractivity (Wildman–Crippen MR) is 74.3 cm³/mol. The van der Waals surface area contributed by atoms with E-state index in [1.165, 1.54) is 5.56 Å². The first-order valence-electron chi connectivity index (χ1n) is 6.27. The van der Waals surface area contributed by atoms with Crippen LogP contribution in [0.25, 0.3) is 11.0 Å². The highest BCUT2D eigenvalue weighted by Crippen LogP contribution is 2.19. The molecule has 0 saturated carbocycles. The number of H-pyrrole nitrogens is 1. The molecule has 0 bridgehead atoms. The second-order valence-corrected chi connectivity index (χ2v) is 4.43. The van der Waals surface area contributed by atoms with Crippen molar-refractivity contribution in [2.45, 2.75) is 12.8 Å². The van der Waals surface area contributed by atoms with Gasteiger partial charge in [0.05, 0.1) is 18.1 Å². The highest BCUT2D eigenvalue weighted by Gasteiger charge is 2.04. The Morgan fingerprint density at radius 1 is 1.21 bits per heavy atom. The maximum absolute atomic E-state index is 5.20. The van der Waals surface area contributed by atoms with Crippen LogP contribution in [0.3, 0.4) is 0 Å². The molecule has 4 nitrogen and oxygen atoms in total. The summed E-state index contributed by atoms with van der Waals surface area (Å²) in [6, 6.07) is 9.90. The van der Waals surface area contributed by atoms with Crippen LogP contribution in [0.4, 0.5) is 0 Å². The Balaban J connectivity index is 1.78. The molecule has 0 unspecified atom stereocenters. The highest BCUT2D eigenvalue weighted by atomic mass is 16.5. The zero-order valence-corrected chi connectivity index (χ0v) is 10.8. The average molecular weight is 253 g/mol. The maximum atomic E-state index is 5.20. The summed E-state index contributed by atoms with van der Waals surface area (Å²) in [6.07, 6.45) is 5.50. The summed E-state index contributed by atoms with van der Waals surface area (Å²) in [5.74, 6) is 1.84. The van der Waals surface area contributed by atoms with Crippen LogP contribution in [-0.2, 0) is 12.8 Å². The quantitative estimate of drug-likeness (QED) is 0.777. The Morgan fingerprint density at radius 2 is 2.16 bits per heavy atom. The summed E-state index contributed by atoms with van der Waals surface area (Å²) in [7, 11) is 1.67. The number of nitrogens with zero attached hydrogens (tertiary/aromatic N) is 2. The number of ether oxygens (including phenoxy) is 1. The number of aromatic nitrogens is 3. The standard InChI is InChI=1S/C15H15N3O/c1-19-12-5-6-13-14(9-12)18-15(17-13)7-4-11-3-2-8-16-10-11/h2-3,5-6,8-10H,4,7H2,1H3,(H,17,18). The average Bonchev–Trinajstić information content (AvgIpc) is 2.88. The molecule has 2 aromatic heterocycles. The van der Waals surface area contributed by atoms with Crippen LogP contribution in [-0.4, -0.2) is 22.1 Å². The minimum absolute atomic E-state index is 0.843. The normalized spacial score (nSPS) is 10.8. The van der Waals surface area contributed by atoms with Crippen molar-refractivity contribution in [3.05, 3.63) is 54.1 Å². The van der Waals surface area contributed by atoms with E-state index >= 15 is 0 Å². The van der Waals surface area contributed by atoms with Gasteiger partial charge in [0.25, 0.3) is 0 Å². The minimum Gasteiger partial charge on any atom is -0.497 e. The zero-order valence-electron chi connectivity index (χ0n) is 10.8. The van der Waals surface area contributed by atoms with E-state index < -0.39 is 0 Å². The Labute approximate surface area is 111 Å². The lowest BCUT2D eigenvalue weighted by molar-refractivity contribution is 0.415. The van der Waals surface area contributed by atoms with Gasteiger partial charge in [-0.25, -0.2) is 4.98 Å². The van der Waals surface area contributed by atoms with Gasteiger partial charge < -0.3 is 9.72 Å². The Morgan fingerprint density at radius 3 is 2.95 bits per heavy atom. The number of imidazole rings is 1. The molecule has 0 amide bonds. The number of fused-ring (bicyclic) bond motifs is 1. The fraction of sp³-hybridized carbons (Fsp3) is 0.200. The molecular weight excluding hydrogens is 238 g/mol. The molecule has 0 aliphatic carbocycles. The molecule has 1 N–H and O–H groups in total. The first kappa shape index (κ1) is 11.7. The van der Waals surface area contributed by atoms with Gasteiger partial charge in [-0.2, -0.15) is 0 Å². The van der Waals surface area contributed by atoms with Gasteiger partial charge in [-0.1, -0.05) is 6.07 Å². The fourth-order valence-electron chi connectivity index (χ4n) is 2.10. The number of aryl methyl sites for hydroxylation is 2. The topological polar surface area (TPSA) is 50.8 Å². The van der Waals surface area contributed by atoms with Gasteiger partial charge in [0.1, 0.15) is 11.6 Å². The van der Waals surface area contributed by atoms with Crippen LogP contribution < -0.4 is 4.74 Å². The molecular formula is C15H15N3O. The first-order valence-corrected chi connectivity index (χ1v) is 6.27. The lowest BCUT2D eigenvalue weighted by Crippen LogP contribution is -1.93. The molecule has 0 radical (unpaired) electrons. The molecule has 4 heteroatoms. The number of rotatable bonds is 4. The smallest absolute Gasteiger partial charge is 0.121 e. The van der Waals surface area contributed by atoms with Crippen molar-refractivity contribution >= 4 is 11.0 Å². The van der Waals surface area contributed by atoms with E-state index in [4.69, 9.17) is 4.74 Å². The van der Waals surface area contributed by atoms with E-state index in [2.05, 4.69) is 21.0 Å². The van der Waals surface area contributed by atoms with Crippen molar-refractivity contribution in [1.29, 1.82) is 0 Å². The number of methoxy groups -OCH3 is 1. The van der Waals surface area contributed by atoms with Crippen LogP contribution in [0.15, 0.2) is 42.7 Å². The summed E-state index contributed by atoms with van der Waals surface area (Å²) in [5, 5.41) is 0. The summed E-state index contributed by atoms with van der Waals surface area (Å²) in [6.45, 7) is 0. The highest BCUT2D eigenvalue weighted by molar-refractivity contribution is 5.76. The van der Waals surface area contributed by atoms with Crippen molar-refractivity contribution in [2.24, 2.45) is 0 Å². The molecule has 0 fully saturated rings. The SMILES string of the molecule is COc1ccc2nc(CCc3cccnc3)[nH]c2c1. The third-order valence-corrected chi connectivity index (χ3v) is 3.11. The third-order valence-electron chi connectivity index (χ3n) is 3.11. The Hall–Kier alpha value is -2.36. The van der Waals surface area contributed by atoms with Crippen molar-refractivity contribution < 1.29 is 4.74 Å². The molecule has 19 heavy (non-hydrogen) atoms. The number of hydrogen-bond donors (Lipinski definition) is 1. The van der Waals surface area contributed by atoms with Crippen molar-refractivity contribution in [2.75, 3.05) is 7.11 Å². The van der Waals surface area contributed by atoms with E-state index in [0.29, 0.717) is 0 Å². The number of aromatic amines is 1. The summed E-state index contributed by atoms with van der Waals surface area (Å²) in [4.78, 5) is 12.0.